The number of anilines is 1. The van der Waals surface area contributed by atoms with Crippen LogP contribution >= 0.6 is 0 Å². The Kier molecular flexibility index (Phi) is 10.3. The van der Waals surface area contributed by atoms with Gasteiger partial charge in [-0.05, 0) is 25.5 Å². The predicted octanol–water partition coefficient (Wildman–Crippen LogP) is 2.55. The number of hydrogen-bond acceptors (Lipinski definition) is 6. The summed E-state index contributed by atoms with van der Waals surface area (Å²) < 4.78 is 23.2. The van der Waals surface area contributed by atoms with Crippen molar-refractivity contribution in [2.45, 2.75) is 44.4 Å². The number of guanidine groups is 1. The molecule has 0 fully saturated rings. The van der Waals surface area contributed by atoms with Crippen molar-refractivity contribution in [1.29, 1.82) is 0 Å². The van der Waals surface area contributed by atoms with Gasteiger partial charge in [0.15, 0.2) is 15.8 Å². The van der Waals surface area contributed by atoms with Gasteiger partial charge >= 0.3 is 0 Å². The van der Waals surface area contributed by atoms with E-state index >= 15 is 0 Å². The van der Waals surface area contributed by atoms with Gasteiger partial charge in [0.05, 0.1) is 9.82 Å². The van der Waals surface area contributed by atoms with Crippen LogP contribution in [-0.4, -0.2) is 51.7 Å². The number of rotatable bonds is 12. The lowest BCUT2D eigenvalue weighted by atomic mass is 10.2. The van der Waals surface area contributed by atoms with E-state index in [1.807, 2.05) is 6.92 Å². The SMILES string of the molecule is CCCCCCN=C(NCC)NCCNc1ccc(S(C)(=O)=O)cc1[N+](=O)[O-]. The highest BCUT2D eigenvalue weighted by atomic mass is 32.2. The minimum Gasteiger partial charge on any atom is -0.378 e. The maximum atomic E-state index is 11.6. The van der Waals surface area contributed by atoms with Gasteiger partial charge in [-0.2, -0.15) is 0 Å². The first kappa shape index (κ1) is 23.7. The van der Waals surface area contributed by atoms with E-state index in [2.05, 4.69) is 27.9 Å². The van der Waals surface area contributed by atoms with Gasteiger partial charge in [0.2, 0.25) is 0 Å². The highest BCUT2D eigenvalue weighted by Crippen LogP contribution is 2.27. The molecular weight excluding hydrogens is 382 g/mol. The van der Waals surface area contributed by atoms with Crippen molar-refractivity contribution < 1.29 is 13.3 Å². The summed E-state index contributed by atoms with van der Waals surface area (Å²) >= 11 is 0. The van der Waals surface area contributed by atoms with E-state index in [4.69, 9.17) is 0 Å². The number of benzene rings is 1. The summed E-state index contributed by atoms with van der Waals surface area (Å²) in [7, 11) is -3.50. The predicted molar refractivity (Wildman–Crippen MR) is 113 cm³/mol. The zero-order valence-electron chi connectivity index (χ0n) is 16.8. The van der Waals surface area contributed by atoms with Crippen molar-refractivity contribution in [2.75, 3.05) is 37.8 Å². The van der Waals surface area contributed by atoms with Crippen molar-refractivity contribution >= 4 is 27.2 Å². The molecular formula is C18H31N5O4S. The van der Waals surface area contributed by atoms with Gasteiger partial charge < -0.3 is 16.0 Å². The molecule has 0 unspecified atom stereocenters. The second-order valence-corrected chi connectivity index (χ2v) is 8.40. The molecule has 1 rings (SSSR count). The van der Waals surface area contributed by atoms with Crippen LogP contribution in [0.3, 0.4) is 0 Å². The zero-order valence-corrected chi connectivity index (χ0v) is 17.6. The second-order valence-electron chi connectivity index (χ2n) is 6.38. The quantitative estimate of drug-likeness (QED) is 0.158. The normalized spacial score (nSPS) is 11.9. The Balaban J connectivity index is 2.61. The number of nitrogens with zero attached hydrogens (tertiary/aromatic N) is 2. The molecule has 0 radical (unpaired) electrons. The summed E-state index contributed by atoms with van der Waals surface area (Å²) in [4.78, 5) is 15.1. The van der Waals surface area contributed by atoms with Gasteiger partial charge in [-0.15, -0.1) is 0 Å². The largest absolute Gasteiger partial charge is 0.378 e. The summed E-state index contributed by atoms with van der Waals surface area (Å²) in [5.74, 6) is 0.711. The summed E-state index contributed by atoms with van der Waals surface area (Å²) in [6.07, 6.45) is 5.62. The van der Waals surface area contributed by atoms with Crippen LogP contribution in [0.25, 0.3) is 0 Å². The molecule has 28 heavy (non-hydrogen) atoms. The molecule has 9 nitrogen and oxygen atoms in total. The number of nitrogens with one attached hydrogen (secondary N) is 3. The molecule has 10 heteroatoms. The van der Waals surface area contributed by atoms with Crippen LogP contribution < -0.4 is 16.0 Å². The average molecular weight is 414 g/mol. The van der Waals surface area contributed by atoms with Crippen molar-refractivity contribution in [3.63, 3.8) is 0 Å². The topological polar surface area (TPSA) is 126 Å². The van der Waals surface area contributed by atoms with Gasteiger partial charge in [-0.3, -0.25) is 15.1 Å². The van der Waals surface area contributed by atoms with E-state index in [9.17, 15) is 18.5 Å². The van der Waals surface area contributed by atoms with Gasteiger partial charge in [-0.25, -0.2) is 8.42 Å². The van der Waals surface area contributed by atoms with Crippen LogP contribution in [0, 0.1) is 10.1 Å². The molecule has 0 aliphatic rings. The van der Waals surface area contributed by atoms with E-state index in [0.29, 0.717) is 19.0 Å². The van der Waals surface area contributed by atoms with E-state index in [1.54, 1.807) is 0 Å². The third-order valence-corrected chi connectivity index (χ3v) is 5.06. The minimum absolute atomic E-state index is 0.0764. The number of aliphatic imine (C=N–C) groups is 1. The Hall–Kier alpha value is -2.36. The number of hydrogen-bond donors (Lipinski definition) is 3. The van der Waals surface area contributed by atoms with Crippen molar-refractivity contribution in [1.82, 2.24) is 10.6 Å². The van der Waals surface area contributed by atoms with Crippen molar-refractivity contribution in [3.05, 3.63) is 28.3 Å². The smallest absolute Gasteiger partial charge is 0.293 e. The Morgan fingerprint density at radius 2 is 1.89 bits per heavy atom. The summed E-state index contributed by atoms with van der Waals surface area (Å²) in [6, 6.07) is 3.86. The Morgan fingerprint density at radius 1 is 1.14 bits per heavy atom. The molecule has 3 N–H and O–H groups in total. The lowest BCUT2D eigenvalue weighted by Crippen LogP contribution is -2.39. The molecule has 0 aliphatic heterocycles. The molecule has 0 aliphatic carbocycles. The molecule has 0 aromatic heterocycles. The number of unbranched alkanes of at least 4 members (excludes halogenated alkanes) is 3. The number of nitro groups is 1. The molecule has 0 spiro atoms. The molecule has 158 valence electrons. The molecule has 1 aromatic carbocycles. The molecule has 0 heterocycles. The minimum atomic E-state index is -3.50. The fourth-order valence-electron chi connectivity index (χ4n) is 2.49. The lowest BCUT2D eigenvalue weighted by molar-refractivity contribution is -0.384. The Bertz CT molecular complexity index is 765. The summed E-state index contributed by atoms with van der Waals surface area (Å²) in [5, 5.41) is 20.6. The van der Waals surface area contributed by atoms with Crippen LogP contribution in [0.15, 0.2) is 28.1 Å². The van der Waals surface area contributed by atoms with Gasteiger partial charge in [-0.1, -0.05) is 26.2 Å². The van der Waals surface area contributed by atoms with Crippen LogP contribution in [0.5, 0.6) is 0 Å². The highest BCUT2D eigenvalue weighted by molar-refractivity contribution is 7.90. The molecule has 1 aromatic rings. The van der Waals surface area contributed by atoms with Crippen LogP contribution in [0.4, 0.5) is 11.4 Å². The first-order valence-electron chi connectivity index (χ1n) is 9.54. The fourth-order valence-corrected chi connectivity index (χ4v) is 3.13. The number of nitro benzene ring substituents is 1. The second kappa shape index (κ2) is 12.2. The van der Waals surface area contributed by atoms with E-state index in [1.165, 1.54) is 25.0 Å². The summed E-state index contributed by atoms with van der Waals surface area (Å²) in [5.41, 5.74) is 0.0140. The zero-order chi connectivity index (χ0) is 21.0. The maximum Gasteiger partial charge on any atom is 0.293 e. The highest BCUT2D eigenvalue weighted by Gasteiger charge is 2.18. The lowest BCUT2D eigenvalue weighted by Gasteiger charge is -2.12. The molecule has 0 saturated carbocycles. The maximum absolute atomic E-state index is 11.6. The van der Waals surface area contributed by atoms with Crippen LogP contribution in [0.2, 0.25) is 0 Å². The monoisotopic (exact) mass is 413 g/mol. The third kappa shape index (κ3) is 8.55. The van der Waals surface area contributed by atoms with Gasteiger partial charge in [0, 0.05) is 38.5 Å². The molecule has 0 amide bonds. The summed E-state index contributed by atoms with van der Waals surface area (Å²) in [6.45, 7) is 6.57. The average Bonchev–Trinajstić information content (AvgIpc) is 2.64. The molecule has 0 atom stereocenters. The third-order valence-electron chi connectivity index (χ3n) is 3.95. The Morgan fingerprint density at radius 3 is 2.50 bits per heavy atom. The Labute approximate surface area is 167 Å². The van der Waals surface area contributed by atoms with E-state index < -0.39 is 14.8 Å². The van der Waals surface area contributed by atoms with E-state index in [-0.39, 0.29) is 16.3 Å². The van der Waals surface area contributed by atoms with Crippen molar-refractivity contribution in [2.24, 2.45) is 4.99 Å². The first-order chi connectivity index (χ1) is 13.3. The van der Waals surface area contributed by atoms with Gasteiger partial charge in [0.25, 0.3) is 5.69 Å². The molecule has 0 bridgehead atoms. The van der Waals surface area contributed by atoms with Crippen LogP contribution in [0.1, 0.15) is 39.5 Å². The van der Waals surface area contributed by atoms with Gasteiger partial charge in [0.1, 0.15) is 5.69 Å². The fraction of sp³-hybridized carbons (Fsp3) is 0.611. The standard InChI is InChI=1S/C18H31N5O4S/c1-4-6-7-8-11-21-18(19-5-2)22-13-12-20-16-10-9-15(28(3,26)27)14-17(16)23(24)25/h9-10,14,20H,4-8,11-13H2,1-3H3,(H2,19,21,22). The van der Waals surface area contributed by atoms with Crippen LogP contribution in [-0.2, 0) is 9.84 Å². The number of sulfone groups is 1. The van der Waals surface area contributed by atoms with E-state index in [0.717, 1.165) is 38.3 Å². The van der Waals surface area contributed by atoms with Crippen molar-refractivity contribution in [3.8, 4) is 0 Å². The molecule has 0 saturated heterocycles. The first-order valence-corrected chi connectivity index (χ1v) is 11.4.